The summed E-state index contributed by atoms with van der Waals surface area (Å²) in [7, 11) is 0. The molecule has 0 aliphatic carbocycles. The Morgan fingerprint density at radius 2 is 1.86 bits per heavy atom. The second kappa shape index (κ2) is 8.38. The van der Waals surface area contributed by atoms with Gasteiger partial charge in [0.1, 0.15) is 16.5 Å². The van der Waals surface area contributed by atoms with E-state index in [9.17, 15) is 0 Å². The summed E-state index contributed by atoms with van der Waals surface area (Å²) >= 11 is 1.88. The summed E-state index contributed by atoms with van der Waals surface area (Å²) in [5.74, 6) is 2.11. The first-order chi connectivity index (χ1) is 14.3. The Hall–Kier alpha value is -2.02. The zero-order chi connectivity index (χ0) is 19.6. The van der Waals surface area contributed by atoms with Crippen LogP contribution < -0.4 is 4.90 Å². The molecular formula is C23H28N4OS. The summed E-state index contributed by atoms with van der Waals surface area (Å²) in [6.07, 6.45) is 2.96. The van der Waals surface area contributed by atoms with E-state index in [1.54, 1.807) is 0 Å². The third kappa shape index (κ3) is 3.89. The molecule has 6 heteroatoms. The Balaban J connectivity index is 1.53. The van der Waals surface area contributed by atoms with Crippen LogP contribution in [-0.4, -0.2) is 54.3 Å². The molecule has 0 bridgehead atoms. The average Bonchev–Trinajstić information content (AvgIpc) is 3.16. The molecule has 0 spiro atoms. The van der Waals surface area contributed by atoms with Crippen LogP contribution in [0.1, 0.15) is 28.8 Å². The Labute approximate surface area is 176 Å². The van der Waals surface area contributed by atoms with Crippen LogP contribution in [0.2, 0.25) is 0 Å². The van der Waals surface area contributed by atoms with Crippen LogP contribution >= 0.6 is 11.3 Å². The zero-order valence-electron chi connectivity index (χ0n) is 17.1. The molecule has 0 atom stereocenters. The quantitative estimate of drug-likeness (QED) is 0.644. The van der Waals surface area contributed by atoms with Gasteiger partial charge in [0.05, 0.1) is 18.6 Å². The molecular weight excluding hydrogens is 380 g/mol. The van der Waals surface area contributed by atoms with Gasteiger partial charge in [-0.25, -0.2) is 9.97 Å². The molecule has 0 unspecified atom stereocenters. The van der Waals surface area contributed by atoms with Gasteiger partial charge >= 0.3 is 0 Å². The summed E-state index contributed by atoms with van der Waals surface area (Å²) in [6, 6.07) is 10.6. The summed E-state index contributed by atoms with van der Waals surface area (Å²) in [4.78, 5) is 17.7. The fraction of sp³-hybridized carbons (Fsp3) is 0.478. The third-order valence-electron chi connectivity index (χ3n) is 6.04. The molecule has 5 rings (SSSR count). The van der Waals surface area contributed by atoms with Crippen LogP contribution in [0.3, 0.4) is 0 Å². The lowest BCUT2D eigenvalue weighted by Gasteiger charge is -2.30. The summed E-state index contributed by atoms with van der Waals surface area (Å²) in [5, 5.41) is 1.31. The van der Waals surface area contributed by atoms with Crippen LogP contribution in [0, 0.1) is 0 Å². The Kier molecular flexibility index (Phi) is 5.48. The number of hydrogen-bond acceptors (Lipinski definition) is 6. The van der Waals surface area contributed by atoms with Crippen LogP contribution in [0.15, 0.2) is 30.3 Å². The molecule has 0 radical (unpaired) electrons. The van der Waals surface area contributed by atoms with Gasteiger partial charge in [-0.15, -0.1) is 11.3 Å². The first kappa shape index (κ1) is 19.0. The lowest BCUT2D eigenvalue weighted by atomic mass is 10.0. The molecule has 2 aliphatic heterocycles. The number of morpholine rings is 1. The van der Waals surface area contributed by atoms with Crippen molar-refractivity contribution in [1.82, 2.24) is 14.9 Å². The molecule has 2 aliphatic rings. The van der Waals surface area contributed by atoms with Crippen molar-refractivity contribution in [2.75, 3.05) is 44.3 Å². The van der Waals surface area contributed by atoms with Gasteiger partial charge < -0.3 is 9.64 Å². The maximum absolute atomic E-state index is 5.60. The van der Waals surface area contributed by atoms with E-state index in [1.165, 1.54) is 26.2 Å². The van der Waals surface area contributed by atoms with E-state index in [2.05, 4.69) is 47.1 Å². The predicted octanol–water partition coefficient (Wildman–Crippen LogP) is 3.69. The maximum Gasteiger partial charge on any atom is 0.141 e. The zero-order valence-corrected chi connectivity index (χ0v) is 17.9. The van der Waals surface area contributed by atoms with Gasteiger partial charge in [0.15, 0.2) is 0 Å². The largest absolute Gasteiger partial charge is 0.378 e. The summed E-state index contributed by atoms with van der Waals surface area (Å²) in [6.45, 7) is 8.92. The van der Waals surface area contributed by atoms with E-state index in [0.29, 0.717) is 0 Å². The molecule has 1 saturated heterocycles. The van der Waals surface area contributed by atoms with Gasteiger partial charge in [-0.1, -0.05) is 37.3 Å². The highest BCUT2D eigenvalue weighted by molar-refractivity contribution is 7.19. The van der Waals surface area contributed by atoms with E-state index in [4.69, 9.17) is 14.7 Å². The van der Waals surface area contributed by atoms with Crippen molar-refractivity contribution in [3.63, 3.8) is 0 Å². The van der Waals surface area contributed by atoms with Gasteiger partial charge in [-0.3, -0.25) is 4.90 Å². The second-order valence-electron chi connectivity index (χ2n) is 7.85. The molecule has 0 amide bonds. The van der Waals surface area contributed by atoms with E-state index in [0.717, 1.165) is 76.8 Å². The minimum atomic E-state index is 0.779. The number of nitrogens with zero attached hydrogens (tertiary/aromatic N) is 4. The Bertz CT molecular complexity index is 981. The molecule has 1 fully saturated rings. The van der Waals surface area contributed by atoms with Crippen molar-refractivity contribution < 1.29 is 4.74 Å². The molecule has 0 N–H and O–H groups in total. The minimum Gasteiger partial charge on any atom is -0.378 e. The second-order valence-corrected chi connectivity index (χ2v) is 8.93. The Morgan fingerprint density at radius 1 is 1.03 bits per heavy atom. The summed E-state index contributed by atoms with van der Waals surface area (Å²) in [5.41, 5.74) is 2.83. The number of rotatable bonds is 5. The SMILES string of the molecule is CCN1CCc2c(sc3nc(CCc4ccccc4)nc(N4CCOCC4)c23)C1. The van der Waals surface area contributed by atoms with Crippen LogP contribution in [0.5, 0.6) is 0 Å². The number of aromatic nitrogens is 2. The first-order valence-corrected chi connectivity index (χ1v) is 11.5. The topological polar surface area (TPSA) is 41.5 Å². The molecule has 3 aromatic rings. The van der Waals surface area contributed by atoms with Crippen molar-refractivity contribution >= 4 is 27.4 Å². The smallest absolute Gasteiger partial charge is 0.141 e. The maximum atomic E-state index is 5.60. The van der Waals surface area contributed by atoms with Gasteiger partial charge in [0.25, 0.3) is 0 Å². The summed E-state index contributed by atoms with van der Waals surface area (Å²) < 4.78 is 5.60. The Morgan fingerprint density at radius 3 is 2.66 bits per heavy atom. The number of anilines is 1. The number of thiophene rings is 1. The van der Waals surface area contributed by atoms with Crippen LogP contribution in [0.4, 0.5) is 5.82 Å². The molecule has 0 saturated carbocycles. The predicted molar refractivity (Wildman–Crippen MR) is 119 cm³/mol. The highest BCUT2D eigenvalue weighted by Gasteiger charge is 2.26. The molecule has 1 aromatic carbocycles. The lowest BCUT2D eigenvalue weighted by molar-refractivity contribution is 0.122. The van der Waals surface area contributed by atoms with Gasteiger partial charge in [0, 0.05) is 37.5 Å². The van der Waals surface area contributed by atoms with Crippen molar-refractivity contribution in [3.8, 4) is 0 Å². The molecule has 29 heavy (non-hydrogen) atoms. The fourth-order valence-electron chi connectivity index (χ4n) is 4.36. The van der Waals surface area contributed by atoms with E-state index < -0.39 is 0 Å². The standard InChI is InChI=1S/C23H28N4OS/c1-2-26-11-10-18-19(16-26)29-23-21(18)22(27-12-14-28-15-13-27)24-20(25-23)9-8-17-6-4-3-5-7-17/h3-7H,2,8-16H2,1H3. The number of hydrogen-bond donors (Lipinski definition) is 0. The highest BCUT2D eigenvalue weighted by atomic mass is 32.1. The molecule has 4 heterocycles. The fourth-order valence-corrected chi connectivity index (χ4v) is 5.63. The van der Waals surface area contributed by atoms with Crippen molar-refractivity contribution in [2.45, 2.75) is 32.7 Å². The van der Waals surface area contributed by atoms with Crippen LogP contribution in [0.25, 0.3) is 10.2 Å². The van der Waals surface area contributed by atoms with E-state index in [-0.39, 0.29) is 0 Å². The van der Waals surface area contributed by atoms with Crippen molar-refractivity contribution in [2.24, 2.45) is 0 Å². The number of fused-ring (bicyclic) bond motifs is 3. The molecule has 2 aromatic heterocycles. The number of ether oxygens (including phenoxy) is 1. The molecule has 152 valence electrons. The molecule has 5 nitrogen and oxygen atoms in total. The number of aryl methyl sites for hydroxylation is 2. The monoisotopic (exact) mass is 408 g/mol. The van der Waals surface area contributed by atoms with Gasteiger partial charge in [0.2, 0.25) is 0 Å². The average molecular weight is 409 g/mol. The number of benzene rings is 1. The minimum absolute atomic E-state index is 0.779. The van der Waals surface area contributed by atoms with Crippen molar-refractivity contribution in [3.05, 3.63) is 52.2 Å². The number of likely N-dealkylation sites (N-methyl/N-ethyl adjacent to an activating group) is 1. The van der Waals surface area contributed by atoms with Crippen molar-refractivity contribution in [1.29, 1.82) is 0 Å². The van der Waals surface area contributed by atoms with E-state index in [1.807, 2.05) is 11.3 Å². The van der Waals surface area contributed by atoms with Gasteiger partial charge in [-0.05, 0) is 30.5 Å². The highest BCUT2D eigenvalue weighted by Crippen LogP contribution is 2.39. The third-order valence-corrected chi connectivity index (χ3v) is 7.16. The van der Waals surface area contributed by atoms with E-state index >= 15 is 0 Å². The lowest BCUT2D eigenvalue weighted by Crippen LogP contribution is -2.37. The van der Waals surface area contributed by atoms with Crippen LogP contribution in [-0.2, 0) is 30.5 Å². The van der Waals surface area contributed by atoms with Gasteiger partial charge in [-0.2, -0.15) is 0 Å². The normalized spacial score (nSPS) is 17.6. The first-order valence-electron chi connectivity index (χ1n) is 10.7.